The van der Waals surface area contributed by atoms with Crippen LogP contribution < -0.4 is 5.32 Å². The van der Waals surface area contributed by atoms with Gasteiger partial charge in [0.25, 0.3) is 0 Å². The Morgan fingerprint density at radius 1 is 1.23 bits per heavy atom. The summed E-state index contributed by atoms with van der Waals surface area (Å²) in [5.74, 6) is 0.318. The van der Waals surface area contributed by atoms with Crippen LogP contribution in [0.25, 0.3) is 0 Å². The van der Waals surface area contributed by atoms with E-state index in [4.69, 9.17) is 23.2 Å². The minimum atomic E-state index is -3.76. The fourth-order valence-electron chi connectivity index (χ4n) is 3.97. The highest BCUT2D eigenvalue weighted by atomic mass is 35.5. The zero-order valence-electron chi connectivity index (χ0n) is 16.5. The molecule has 1 unspecified atom stereocenters. The second-order valence-electron chi connectivity index (χ2n) is 7.98. The third-order valence-electron chi connectivity index (χ3n) is 5.75. The van der Waals surface area contributed by atoms with Crippen molar-refractivity contribution in [2.24, 2.45) is 11.8 Å². The average Bonchev–Trinajstić information content (AvgIpc) is 3.11. The number of anilines is 1. The van der Waals surface area contributed by atoms with Crippen LogP contribution >= 0.6 is 34.5 Å². The van der Waals surface area contributed by atoms with E-state index in [1.165, 1.54) is 21.3 Å². The quantitative estimate of drug-likeness (QED) is 0.682. The van der Waals surface area contributed by atoms with Crippen LogP contribution in [0.1, 0.15) is 36.8 Å². The van der Waals surface area contributed by atoms with Gasteiger partial charge in [-0.05, 0) is 56.2 Å². The number of hydrogen-bond donors (Lipinski definition) is 1. The lowest BCUT2D eigenvalue weighted by Crippen LogP contribution is -2.41. The second-order valence-corrected chi connectivity index (χ2v) is 11.8. The van der Waals surface area contributed by atoms with Gasteiger partial charge in [-0.3, -0.25) is 4.79 Å². The number of thiazole rings is 1. The maximum absolute atomic E-state index is 12.9. The number of nitrogens with one attached hydrogen (secondary N) is 1. The van der Waals surface area contributed by atoms with E-state index in [0.717, 1.165) is 25.0 Å². The van der Waals surface area contributed by atoms with Gasteiger partial charge in [-0.15, -0.1) is 11.3 Å². The van der Waals surface area contributed by atoms with E-state index >= 15 is 0 Å². The minimum absolute atomic E-state index is 0.00200. The Hall–Kier alpha value is -1.19. The molecule has 1 amide bonds. The Bertz CT molecular complexity index is 1060. The van der Waals surface area contributed by atoms with Crippen LogP contribution in [0.2, 0.25) is 10.0 Å². The predicted molar refractivity (Wildman–Crippen MR) is 120 cm³/mol. The van der Waals surface area contributed by atoms with E-state index in [2.05, 4.69) is 17.2 Å². The summed E-state index contributed by atoms with van der Waals surface area (Å²) in [6.45, 7) is 2.75. The molecule has 1 fully saturated rings. The zero-order chi connectivity index (χ0) is 21.5. The molecule has 0 bridgehead atoms. The summed E-state index contributed by atoms with van der Waals surface area (Å²) in [6.07, 6.45) is 4.01. The number of amides is 1. The van der Waals surface area contributed by atoms with Crippen molar-refractivity contribution in [3.05, 3.63) is 38.8 Å². The van der Waals surface area contributed by atoms with Gasteiger partial charge in [0.05, 0.1) is 10.7 Å². The molecule has 1 N–H and O–H groups in total. The van der Waals surface area contributed by atoms with Gasteiger partial charge < -0.3 is 5.32 Å². The fraction of sp³-hybridized carbons (Fsp3) is 0.500. The molecule has 1 aromatic heterocycles. The summed E-state index contributed by atoms with van der Waals surface area (Å²) in [6, 6.07) is 4.39. The number of nitrogens with zero attached hydrogens (tertiary/aromatic N) is 2. The monoisotopic (exact) mass is 487 g/mol. The maximum atomic E-state index is 12.9. The van der Waals surface area contributed by atoms with E-state index in [0.29, 0.717) is 28.9 Å². The van der Waals surface area contributed by atoms with Crippen LogP contribution in [-0.4, -0.2) is 36.7 Å². The lowest BCUT2D eigenvalue weighted by molar-refractivity contribution is -0.120. The highest BCUT2D eigenvalue weighted by Crippen LogP contribution is 2.33. The summed E-state index contributed by atoms with van der Waals surface area (Å²) in [5, 5.41) is 4.05. The Morgan fingerprint density at radius 2 is 1.97 bits per heavy atom. The van der Waals surface area contributed by atoms with Gasteiger partial charge in [0, 0.05) is 28.9 Å². The van der Waals surface area contributed by atoms with E-state index in [-0.39, 0.29) is 34.8 Å². The van der Waals surface area contributed by atoms with Gasteiger partial charge in [-0.1, -0.05) is 30.1 Å². The Balaban J connectivity index is 1.38. The van der Waals surface area contributed by atoms with Crippen molar-refractivity contribution in [3.8, 4) is 0 Å². The first-order chi connectivity index (χ1) is 14.2. The first kappa shape index (κ1) is 22.0. The topological polar surface area (TPSA) is 79.4 Å². The van der Waals surface area contributed by atoms with Crippen molar-refractivity contribution in [2.45, 2.75) is 43.9 Å². The number of halogens is 2. The first-order valence-electron chi connectivity index (χ1n) is 9.98. The lowest BCUT2D eigenvalue weighted by atomic mass is 9.93. The van der Waals surface area contributed by atoms with Crippen molar-refractivity contribution in [1.29, 1.82) is 0 Å². The molecular formula is C20H23Cl2N3O3S2. The summed E-state index contributed by atoms with van der Waals surface area (Å²) >= 11 is 13.6. The zero-order valence-corrected chi connectivity index (χ0v) is 19.7. The molecule has 162 valence electrons. The molecule has 0 saturated carbocycles. The van der Waals surface area contributed by atoms with E-state index in [1.807, 2.05) is 0 Å². The number of hydrogen-bond acceptors (Lipinski definition) is 5. The number of benzene rings is 1. The van der Waals surface area contributed by atoms with Crippen LogP contribution in [0.4, 0.5) is 5.13 Å². The van der Waals surface area contributed by atoms with Crippen LogP contribution in [0.3, 0.4) is 0 Å². The largest absolute Gasteiger partial charge is 0.302 e. The van der Waals surface area contributed by atoms with Crippen molar-refractivity contribution in [2.75, 3.05) is 18.4 Å². The van der Waals surface area contributed by atoms with E-state index < -0.39 is 10.0 Å². The van der Waals surface area contributed by atoms with E-state index in [9.17, 15) is 13.2 Å². The Labute approximate surface area is 190 Å². The summed E-state index contributed by atoms with van der Waals surface area (Å²) < 4.78 is 27.3. The Kier molecular flexibility index (Phi) is 6.42. The molecular weight excluding hydrogens is 465 g/mol. The molecule has 0 spiro atoms. The Morgan fingerprint density at radius 3 is 2.70 bits per heavy atom. The van der Waals surface area contributed by atoms with Gasteiger partial charge in [-0.2, -0.15) is 4.31 Å². The van der Waals surface area contributed by atoms with Crippen molar-refractivity contribution < 1.29 is 13.2 Å². The number of aromatic nitrogens is 1. The van der Waals surface area contributed by atoms with Crippen LogP contribution in [0, 0.1) is 11.8 Å². The van der Waals surface area contributed by atoms with Gasteiger partial charge in [0.1, 0.15) is 4.90 Å². The number of aryl methyl sites for hydroxylation is 1. The highest BCUT2D eigenvalue weighted by Gasteiger charge is 2.33. The summed E-state index contributed by atoms with van der Waals surface area (Å²) in [4.78, 5) is 18.6. The number of carbonyl (C=O) groups excluding carboxylic acids is 1. The average molecular weight is 488 g/mol. The molecule has 4 rings (SSSR count). The molecule has 2 aliphatic rings. The van der Waals surface area contributed by atoms with Crippen LogP contribution in [0.15, 0.2) is 23.1 Å². The molecule has 0 radical (unpaired) electrons. The second kappa shape index (κ2) is 8.74. The van der Waals surface area contributed by atoms with Crippen LogP contribution in [0.5, 0.6) is 0 Å². The molecule has 10 heteroatoms. The van der Waals surface area contributed by atoms with Gasteiger partial charge in [-0.25, -0.2) is 13.4 Å². The molecule has 2 aromatic rings. The molecule has 1 atom stereocenters. The lowest BCUT2D eigenvalue weighted by Gasteiger charge is -2.30. The van der Waals surface area contributed by atoms with Crippen molar-refractivity contribution >= 4 is 55.6 Å². The van der Waals surface area contributed by atoms with Crippen molar-refractivity contribution in [3.63, 3.8) is 0 Å². The van der Waals surface area contributed by atoms with E-state index in [1.54, 1.807) is 17.4 Å². The van der Waals surface area contributed by atoms with Gasteiger partial charge >= 0.3 is 0 Å². The SMILES string of the molecule is CC1CCc2nc(NC(=O)C3CCN(S(=O)(=O)c4cc(Cl)ccc4Cl)CC3)sc2C1. The number of carbonyl (C=O) groups is 1. The molecule has 1 aliphatic heterocycles. The molecule has 30 heavy (non-hydrogen) atoms. The van der Waals surface area contributed by atoms with Gasteiger partial charge in [0.2, 0.25) is 15.9 Å². The van der Waals surface area contributed by atoms with Crippen molar-refractivity contribution in [1.82, 2.24) is 9.29 Å². The molecule has 1 aliphatic carbocycles. The number of sulfonamides is 1. The predicted octanol–water partition coefficient (Wildman–Crippen LogP) is 4.61. The highest BCUT2D eigenvalue weighted by molar-refractivity contribution is 7.89. The molecule has 6 nitrogen and oxygen atoms in total. The number of piperidine rings is 1. The smallest absolute Gasteiger partial charge is 0.244 e. The summed E-state index contributed by atoms with van der Waals surface area (Å²) in [5.41, 5.74) is 1.10. The minimum Gasteiger partial charge on any atom is -0.302 e. The fourth-order valence-corrected chi connectivity index (χ4v) is 7.35. The number of fused-ring (bicyclic) bond motifs is 1. The standard InChI is InChI=1S/C20H23Cl2N3O3S2/c1-12-2-5-16-17(10-12)29-20(23-16)24-19(26)13-6-8-25(9-7-13)30(27,28)18-11-14(21)3-4-15(18)22/h3-4,11-13H,2,5-10H2,1H3,(H,23,24,26). The third kappa shape index (κ3) is 4.53. The first-order valence-corrected chi connectivity index (χ1v) is 13.0. The molecule has 2 heterocycles. The molecule has 1 aromatic carbocycles. The van der Waals surface area contributed by atoms with Crippen LogP contribution in [-0.2, 0) is 27.7 Å². The number of rotatable bonds is 4. The third-order valence-corrected chi connectivity index (χ3v) is 9.40. The summed E-state index contributed by atoms with van der Waals surface area (Å²) in [7, 11) is -3.76. The normalized spacial score (nSPS) is 20.7. The van der Waals surface area contributed by atoms with Gasteiger partial charge in [0.15, 0.2) is 5.13 Å². The maximum Gasteiger partial charge on any atom is 0.244 e. The molecule has 1 saturated heterocycles.